The number of nitrogens with one attached hydrogen (secondary N) is 1. The number of carbonyl (C=O) groups is 1. The summed E-state index contributed by atoms with van der Waals surface area (Å²) in [6, 6.07) is 8.44. The van der Waals surface area contributed by atoms with Gasteiger partial charge >= 0.3 is 0 Å². The molecular formula is C16H14BrF2NO. The van der Waals surface area contributed by atoms with Crippen LogP contribution in [0.3, 0.4) is 0 Å². The summed E-state index contributed by atoms with van der Waals surface area (Å²) in [5.41, 5.74) is 2.04. The lowest BCUT2D eigenvalue weighted by molar-refractivity contribution is 0.0939. The van der Waals surface area contributed by atoms with Crippen molar-refractivity contribution >= 4 is 21.8 Å². The van der Waals surface area contributed by atoms with E-state index in [1.165, 1.54) is 6.07 Å². The van der Waals surface area contributed by atoms with Crippen LogP contribution in [0, 0.1) is 18.6 Å². The normalized spacial score (nSPS) is 12.0. The molecule has 0 radical (unpaired) electrons. The fraction of sp³-hybridized carbons (Fsp3) is 0.188. The second kappa shape index (κ2) is 6.35. The SMILES string of the molecule is Cc1ccc(C(=O)NC(C)c2ccc(F)c(F)c2)cc1Br. The maximum absolute atomic E-state index is 13.2. The van der Waals surface area contributed by atoms with E-state index in [1.54, 1.807) is 19.1 Å². The average molecular weight is 354 g/mol. The van der Waals surface area contributed by atoms with Crippen molar-refractivity contribution in [3.05, 3.63) is 69.2 Å². The first-order valence-electron chi connectivity index (χ1n) is 6.40. The lowest BCUT2D eigenvalue weighted by Crippen LogP contribution is -2.26. The van der Waals surface area contributed by atoms with Gasteiger partial charge in [0.05, 0.1) is 6.04 Å². The molecule has 1 N–H and O–H groups in total. The Morgan fingerprint density at radius 3 is 2.48 bits per heavy atom. The molecule has 0 saturated heterocycles. The quantitative estimate of drug-likeness (QED) is 0.862. The summed E-state index contributed by atoms with van der Waals surface area (Å²) in [6.45, 7) is 3.64. The van der Waals surface area contributed by atoms with E-state index < -0.39 is 17.7 Å². The summed E-state index contributed by atoms with van der Waals surface area (Å²) in [7, 11) is 0. The van der Waals surface area contributed by atoms with Gasteiger partial charge < -0.3 is 5.32 Å². The number of halogens is 3. The standard InChI is InChI=1S/C16H14BrF2NO/c1-9-3-4-12(7-13(9)17)16(21)20-10(2)11-5-6-14(18)15(19)8-11/h3-8,10H,1-2H3,(H,20,21). The summed E-state index contributed by atoms with van der Waals surface area (Å²) < 4.78 is 27.0. The van der Waals surface area contributed by atoms with Crippen molar-refractivity contribution in [3.63, 3.8) is 0 Å². The molecule has 0 spiro atoms. The highest BCUT2D eigenvalue weighted by Gasteiger charge is 2.14. The van der Waals surface area contributed by atoms with Gasteiger partial charge in [-0.05, 0) is 49.2 Å². The largest absolute Gasteiger partial charge is 0.346 e. The Hall–Kier alpha value is -1.75. The molecule has 0 aliphatic rings. The molecule has 0 bridgehead atoms. The van der Waals surface area contributed by atoms with Crippen LogP contribution in [0.4, 0.5) is 8.78 Å². The monoisotopic (exact) mass is 353 g/mol. The van der Waals surface area contributed by atoms with Crippen LogP contribution in [0.25, 0.3) is 0 Å². The average Bonchev–Trinajstić information content (AvgIpc) is 2.44. The summed E-state index contributed by atoms with van der Waals surface area (Å²) in [4.78, 5) is 12.1. The molecule has 110 valence electrons. The highest BCUT2D eigenvalue weighted by Crippen LogP contribution is 2.19. The molecule has 0 aliphatic carbocycles. The topological polar surface area (TPSA) is 29.1 Å². The second-order valence-corrected chi connectivity index (χ2v) is 5.69. The van der Waals surface area contributed by atoms with Crippen LogP contribution in [0.5, 0.6) is 0 Å². The van der Waals surface area contributed by atoms with E-state index in [0.717, 1.165) is 22.2 Å². The first-order chi connectivity index (χ1) is 9.88. The molecule has 2 aromatic carbocycles. The minimum absolute atomic E-state index is 0.270. The predicted octanol–water partition coefficient (Wildman–Crippen LogP) is 4.53. The zero-order chi connectivity index (χ0) is 15.6. The molecule has 1 unspecified atom stereocenters. The molecule has 0 heterocycles. The molecule has 21 heavy (non-hydrogen) atoms. The van der Waals surface area contributed by atoms with E-state index in [0.29, 0.717) is 11.1 Å². The van der Waals surface area contributed by atoms with Gasteiger partial charge in [0.15, 0.2) is 11.6 Å². The second-order valence-electron chi connectivity index (χ2n) is 4.83. The van der Waals surface area contributed by atoms with Crippen LogP contribution in [-0.2, 0) is 0 Å². The number of benzene rings is 2. The van der Waals surface area contributed by atoms with Gasteiger partial charge in [-0.25, -0.2) is 8.78 Å². The molecule has 2 rings (SSSR count). The summed E-state index contributed by atoms with van der Waals surface area (Å²) >= 11 is 3.37. The number of hydrogen-bond acceptors (Lipinski definition) is 1. The van der Waals surface area contributed by atoms with Gasteiger partial charge in [0.2, 0.25) is 0 Å². The molecule has 1 amide bonds. The van der Waals surface area contributed by atoms with Crippen LogP contribution in [0.15, 0.2) is 40.9 Å². The Balaban J connectivity index is 2.14. The molecule has 5 heteroatoms. The van der Waals surface area contributed by atoms with Gasteiger partial charge in [-0.15, -0.1) is 0 Å². The summed E-state index contributed by atoms with van der Waals surface area (Å²) in [5.74, 6) is -2.10. The van der Waals surface area contributed by atoms with Crippen molar-refractivity contribution in [1.82, 2.24) is 5.32 Å². The number of hydrogen-bond donors (Lipinski definition) is 1. The Morgan fingerprint density at radius 1 is 1.14 bits per heavy atom. The number of rotatable bonds is 3. The lowest BCUT2D eigenvalue weighted by Gasteiger charge is -2.15. The first-order valence-corrected chi connectivity index (χ1v) is 7.19. The zero-order valence-corrected chi connectivity index (χ0v) is 13.2. The molecule has 1 atom stereocenters. The maximum Gasteiger partial charge on any atom is 0.251 e. The van der Waals surface area contributed by atoms with Crippen LogP contribution in [-0.4, -0.2) is 5.91 Å². The van der Waals surface area contributed by atoms with Crippen molar-refractivity contribution in [3.8, 4) is 0 Å². The summed E-state index contributed by atoms with van der Waals surface area (Å²) in [6.07, 6.45) is 0. The van der Waals surface area contributed by atoms with Crippen molar-refractivity contribution in [2.75, 3.05) is 0 Å². The van der Waals surface area contributed by atoms with Crippen molar-refractivity contribution in [1.29, 1.82) is 0 Å². The van der Waals surface area contributed by atoms with Crippen molar-refractivity contribution < 1.29 is 13.6 Å². The molecule has 0 fully saturated rings. The Morgan fingerprint density at radius 2 is 1.86 bits per heavy atom. The minimum atomic E-state index is -0.924. The maximum atomic E-state index is 13.2. The highest BCUT2D eigenvalue weighted by atomic mass is 79.9. The third-order valence-electron chi connectivity index (χ3n) is 3.23. The molecule has 2 nitrogen and oxygen atoms in total. The smallest absolute Gasteiger partial charge is 0.251 e. The Bertz CT molecular complexity index is 688. The van der Waals surface area contributed by atoms with Gasteiger partial charge in [-0.1, -0.05) is 28.1 Å². The van der Waals surface area contributed by atoms with Gasteiger partial charge in [0, 0.05) is 10.0 Å². The molecule has 0 aromatic heterocycles. The first kappa shape index (κ1) is 15.6. The van der Waals surface area contributed by atoms with E-state index in [-0.39, 0.29) is 5.91 Å². The van der Waals surface area contributed by atoms with Crippen LogP contribution in [0.2, 0.25) is 0 Å². The van der Waals surface area contributed by atoms with E-state index >= 15 is 0 Å². The third kappa shape index (κ3) is 3.67. The third-order valence-corrected chi connectivity index (χ3v) is 4.08. The highest BCUT2D eigenvalue weighted by molar-refractivity contribution is 9.10. The van der Waals surface area contributed by atoms with Gasteiger partial charge in [0.25, 0.3) is 5.91 Å². The zero-order valence-electron chi connectivity index (χ0n) is 11.6. The Kier molecular flexibility index (Phi) is 4.73. The lowest BCUT2D eigenvalue weighted by atomic mass is 10.1. The van der Waals surface area contributed by atoms with Gasteiger partial charge in [-0.2, -0.15) is 0 Å². The minimum Gasteiger partial charge on any atom is -0.346 e. The van der Waals surface area contributed by atoms with Crippen LogP contribution >= 0.6 is 15.9 Å². The van der Waals surface area contributed by atoms with Crippen LogP contribution in [0.1, 0.15) is 34.5 Å². The molecule has 2 aromatic rings. The molecular weight excluding hydrogens is 340 g/mol. The van der Waals surface area contributed by atoms with E-state index in [2.05, 4.69) is 21.2 Å². The number of aryl methyl sites for hydroxylation is 1. The Labute approximate surface area is 130 Å². The van der Waals surface area contributed by atoms with E-state index in [4.69, 9.17) is 0 Å². The van der Waals surface area contributed by atoms with Crippen molar-refractivity contribution in [2.45, 2.75) is 19.9 Å². The predicted molar refractivity (Wildman–Crippen MR) is 81.1 cm³/mol. The van der Waals surface area contributed by atoms with Crippen molar-refractivity contribution in [2.24, 2.45) is 0 Å². The molecule has 0 aliphatic heterocycles. The van der Waals surface area contributed by atoms with Gasteiger partial charge in [-0.3, -0.25) is 4.79 Å². The number of amides is 1. The fourth-order valence-electron chi connectivity index (χ4n) is 1.88. The summed E-state index contributed by atoms with van der Waals surface area (Å²) in [5, 5.41) is 2.76. The number of carbonyl (C=O) groups excluding carboxylic acids is 1. The van der Waals surface area contributed by atoms with E-state index in [9.17, 15) is 13.6 Å². The fourth-order valence-corrected chi connectivity index (χ4v) is 2.26. The van der Waals surface area contributed by atoms with Gasteiger partial charge in [0.1, 0.15) is 0 Å². The van der Waals surface area contributed by atoms with Crippen LogP contribution < -0.4 is 5.32 Å². The molecule has 0 saturated carbocycles. The van der Waals surface area contributed by atoms with E-state index in [1.807, 2.05) is 13.0 Å².